The van der Waals surface area contributed by atoms with Crippen LogP contribution in [0, 0.1) is 5.41 Å². The fourth-order valence-electron chi connectivity index (χ4n) is 2.71. The van der Waals surface area contributed by atoms with E-state index in [9.17, 15) is 9.59 Å². The molecule has 2 unspecified atom stereocenters. The first kappa shape index (κ1) is 16.0. The van der Waals surface area contributed by atoms with Gasteiger partial charge in [0, 0.05) is 18.6 Å². The summed E-state index contributed by atoms with van der Waals surface area (Å²) in [5, 5.41) is 11.1. The predicted molar refractivity (Wildman–Crippen MR) is 73.9 cm³/mol. The van der Waals surface area contributed by atoms with E-state index in [0.717, 1.165) is 12.8 Å². The molecule has 1 heterocycles. The minimum atomic E-state index is -1.01. The lowest BCUT2D eigenvalue weighted by Crippen LogP contribution is -2.52. The number of piperidine rings is 1. The maximum atomic E-state index is 12.1. The summed E-state index contributed by atoms with van der Waals surface area (Å²) in [7, 11) is 0. The molecule has 0 aliphatic carbocycles. The minimum Gasteiger partial charge on any atom is -0.480 e. The van der Waals surface area contributed by atoms with Crippen molar-refractivity contribution in [3.8, 4) is 0 Å². The first-order valence-corrected chi connectivity index (χ1v) is 7.00. The van der Waals surface area contributed by atoms with E-state index in [0.29, 0.717) is 18.6 Å². The molecule has 1 amide bonds. The Kier molecular flexibility index (Phi) is 5.35. The van der Waals surface area contributed by atoms with Gasteiger partial charge in [0.1, 0.15) is 6.54 Å². The molecule has 0 spiro atoms. The highest BCUT2D eigenvalue weighted by Gasteiger charge is 2.34. The van der Waals surface area contributed by atoms with Gasteiger partial charge in [0.05, 0.1) is 5.41 Å². The summed E-state index contributed by atoms with van der Waals surface area (Å²) in [5.74, 6) is -1.20. The second-order valence-corrected chi connectivity index (χ2v) is 6.26. The molecule has 0 aromatic rings. The van der Waals surface area contributed by atoms with Gasteiger partial charge in [-0.05, 0) is 40.5 Å². The molecular formula is C14H26N2O3. The molecule has 0 radical (unpaired) electrons. The van der Waals surface area contributed by atoms with E-state index in [1.54, 1.807) is 0 Å². The van der Waals surface area contributed by atoms with Crippen LogP contribution in [0.2, 0.25) is 0 Å². The Morgan fingerprint density at radius 1 is 1.26 bits per heavy atom. The molecule has 1 aliphatic heterocycles. The smallest absolute Gasteiger partial charge is 0.322 e. The molecule has 1 fully saturated rings. The van der Waals surface area contributed by atoms with Crippen molar-refractivity contribution in [2.24, 2.45) is 5.41 Å². The number of hydrogen-bond acceptors (Lipinski definition) is 3. The quantitative estimate of drug-likeness (QED) is 0.794. The maximum Gasteiger partial charge on any atom is 0.322 e. The average Bonchev–Trinajstić information content (AvgIpc) is 2.31. The summed E-state index contributed by atoms with van der Waals surface area (Å²) < 4.78 is 0. The van der Waals surface area contributed by atoms with Crippen molar-refractivity contribution in [2.75, 3.05) is 13.1 Å². The van der Waals surface area contributed by atoms with Crippen molar-refractivity contribution in [3.05, 3.63) is 0 Å². The molecule has 0 bridgehead atoms. The topological polar surface area (TPSA) is 69.6 Å². The van der Waals surface area contributed by atoms with Gasteiger partial charge in [-0.2, -0.15) is 0 Å². The lowest BCUT2D eigenvalue weighted by molar-refractivity contribution is -0.140. The summed E-state index contributed by atoms with van der Waals surface area (Å²) in [5.41, 5.74) is -0.574. The summed E-state index contributed by atoms with van der Waals surface area (Å²) >= 11 is 0. The summed E-state index contributed by atoms with van der Waals surface area (Å²) in [6.45, 7) is 8.49. The third-order valence-corrected chi connectivity index (χ3v) is 3.97. The Hall–Kier alpha value is -1.10. The lowest BCUT2D eigenvalue weighted by Gasteiger charge is -2.42. The summed E-state index contributed by atoms with van der Waals surface area (Å²) in [6.07, 6.45) is 3.57. The molecule has 5 nitrogen and oxygen atoms in total. The van der Waals surface area contributed by atoms with Crippen LogP contribution in [0.1, 0.15) is 47.0 Å². The monoisotopic (exact) mass is 270 g/mol. The number of nitrogens with zero attached hydrogens (tertiary/aromatic N) is 1. The molecule has 5 heteroatoms. The lowest BCUT2D eigenvalue weighted by atomic mass is 9.87. The minimum absolute atomic E-state index is 0.195. The molecule has 2 atom stereocenters. The van der Waals surface area contributed by atoms with Crippen molar-refractivity contribution in [1.29, 1.82) is 0 Å². The number of rotatable bonds is 5. The highest BCUT2D eigenvalue weighted by atomic mass is 16.4. The van der Waals surface area contributed by atoms with Gasteiger partial charge in [-0.3, -0.25) is 14.5 Å². The van der Waals surface area contributed by atoms with Gasteiger partial charge in [0.25, 0.3) is 0 Å². The van der Waals surface area contributed by atoms with Crippen molar-refractivity contribution < 1.29 is 14.7 Å². The van der Waals surface area contributed by atoms with Crippen molar-refractivity contribution in [1.82, 2.24) is 10.2 Å². The van der Waals surface area contributed by atoms with Gasteiger partial charge in [-0.25, -0.2) is 0 Å². The van der Waals surface area contributed by atoms with Gasteiger partial charge < -0.3 is 10.4 Å². The predicted octanol–water partition coefficient (Wildman–Crippen LogP) is 1.48. The standard InChI is InChI=1S/C14H26N2O3/c1-10-6-5-7-11(2)16(10)9-14(3,4)13(19)15-8-12(17)18/h10-11H,5-9H2,1-4H3,(H,15,19)(H,17,18). The Labute approximate surface area is 115 Å². The van der Waals surface area contributed by atoms with E-state index in [2.05, 4.69) is 24.1 Å². The Balaban J connectivity index is 2.61. The number of carboxylic acid groups (broad SMARTS) is 1. The fraction of sp³-hybridized carbons (Fsp3) is 0.857. The van der Waals surface area contributed by atoms with Crippen LogP contribution in [-0.4, -0.2) is 47.1 Å². The third-order valence-electron chi connectivity index (χ3n) is 3.97. The SMILES string of the molecule is CC1CCCC(C)N1CC(C)(C)C(=O)NCC(=O)O. The second-order valence-electron chi connectivity index (χ2n) is 6.26. The third kappa shape index (κ3) is 4.49. The molecule has 110 valence electrons. The van der Waals surface area contributed by atoms with Crippen LogP contribution >= 0.6 is 0 Å². The number of carbonyl (C=O) groups is 2. The van der Waals surface area contributed by atoms with E-state index in [1.165, 1.54) is 6.42 Å². The molecule has 1 saturated heterocycles. The maximum absolute atomic E-state index is 12.1. The number of carboxylic acids is 1. The molecule has 0 aromatic carbocycles. The van der Waals surface area contributed by atoms with Gasteiger partial charge in [0.2, 0.25) is 5.91 Å². The molecular weight excluding hydrogens is 244 g/mol. The average molecular weight is 270 g/mol. The normalized spacial score (nSPS) is 25.1. The summed E-state index contributed by atoms with van der Waals surface area (Å²) in [6, 6.07) is 0.964. The number of amides is 1. The largest absolute Gasteiger partial charge is 0.480 e. The fourth-order valence-corrected chi connectivity index (χ4v) is 2.71. The van der Waals surface area contributed by atoms with Crippen LogP contribution in [-0.2, 0) is 9.59 Å². The van der Waals surface area contributed by atoms with Crippen LogP contribution in [0.5, 0.6) is 0 Å². The van der Waals surface area contributed by atoms with E-state index < -0.39 is 11.4 Å². The zero-order valence-corrected chi connectivity index (χ0v) is 12.4. The molecule has 0 saturated carbocycles. The number of aliphatic carboxylic acids is 1. The molecule has 19 heavy (non-hydrogen) atoms. The number of carbonyl (C=O) groups excluding carboxylic acids is 1. The first-order chi connectivity index (χ1) is 8.74. The van der Waals surface area contributed by atoms with Crippen LogP contribution < -0.4 is 5.32 Å². The zero-order chi connectivity index (χ0) is 14.6. The van der Waals surface area contributed by atoms with E-state index >= 15 is 0 Å². The van der Waals surface area contributed by atoms with E-state index in [4.69, 9.17) is 5.11 Å². The number of hydrogen-bond donors (Lipinski definition) is 2. The zero-order valence-electron chi connectivity index (χ0n) is 12.4. The Morgan fingerprint density at radius 2 is 1.79 bits per heavy atom. The Morgan fingerprint density at radius 3 is 2.26 bits per heavy atom. The van der Waals surface area contributed by atoms with Crippen molar-refractivity contribution >= 4 is 11.9 Å². The van der Waals surface area contributed by atoms with Crippen LogP contribution in [0.4, 0.5) is 0 Å². The number of likely N-dealkylation sites (tertiary alicyclic amines) is 1. The van der Waals surface area contributed by atoms with Crippen LogP contribution in [0.3, 0.4) is 0 Å². The van der Waals surface area contributed by atoms with Crippen molar-refractivity contribution in [2.45, 2.75) is 59.0 Å². The first-order valence-electron chi connectivity index (χ1n) is 7.00. The van der Waals surface area contributed by atoms with E-state index in [-0.39, 0.29) is 12.5 Å². The molecule has 2 N–H and O–H groups in total. The van der Waals surface area contributed by atoms with E-state index in [1.807, 2.05) is 13.8 Å². The van der Waals surface area contributed by atoms with Crippen LogP contribution in [0.15, 0.2) is 0 Å². The van der Waals surface area contributed by atoms with Gasteiger partial charge in [-0.1, -0.05) is 6.42 Å². The van der Waals surface area contributed by atoms with Crippen molar-refractivity contribution in [3.63, 3.8) is 0 Å². The molecule has 1 aliphatic rings. The molecule has 0 aromatic heterocycles. The van der Waals surface area contributed by atoms with Gasteiger partial charge in [-0.15, -0.1) is 0 Å². The highest BCUT2D eigenvalue weighted by molar-refractivity contribution is 5.85. The summed E-state index contributed by atoms with van der Waals surface area (Å²) in [4.78, 5) is 24.9. The Bertz CT molecular complexity index is 332. The highest BCUT2D eigenvalue weighted by Crippen LogP contribution is 2.27. The van der Waals surface area contributed by atoms with Gasteiger partial charge >= 0.3 is 5.97 Å². The van der Waals surface area contributed by atoms with Gasteiger partial charge in [0.15, 0.2) is 0 Å². The number of nitrogens with one attached hydrogen (secondary N) is 1. The molecule has 1 rings (SSSR count). The second kappa shape index (κ2) is 6.37. The van der Waals surface area contributed by atoms with Crippen LogP contribution in [0.25, 0.3) is 0 Å².